The minimum absolute atomic E-state index is 0.153. The molecule has 2 aromatic carbocycles. The predicted octanol–water partition coefficient (Wildman–Crippen LogP) is 4.91. The topological polar surface area (TPSA) is 88.7 Å². The number of aromatic carboxylic acids is 1. The first-order valence-electron chi connectivity index (χ1n) is 10.1. The second-order valence-electron chi connectivity index (χ2n) is 7.55. The number of piperazine rings is 1. The highest BCUT2D eigenvalue weighted by molar-refractivity contribution is 6.44. The zero-order valence-electron chi connectivity index (χ0n) is 17.4. The lowest BCUT2D eigenvalue weighted by atomic mass is 10.1. The summed E-state index contributed by atoms with van der Waals surface area (Å²) in [6.45, 7) is 4.62. The molecule has 9 heteroatoms. The Bertz CT molecular complexity index is 1160. The summed E-state index contributed by atoms with van der Waals surface area (Å²) < 4.78 is 0. The van der Waals surface area contributed by atoms with E-state index in [0.29, 0.717) is 35.2 Å². The maximum absolute atomic E-state index is 12.9. The number of carbonyl (C=O) groups excluding carboxylic acids is 1. The molecule has 1 aliphatic rings. The van der Waals surface area contributed by atoms with E-state index in [2.05, 4.69) is 32.2 Å². The number of amides is 1. The molecule has 3 aromatic rings. The maximum Gasteiger partial charge on any atom is 0.335 e. The number of anilines is 3. The molecule has 1 fully saturated rings. The SMILES string of the molecule is Cc1[nH]c(C(=O)Nc2ccc(C(=O)O)cc2N2CCN(c3ccccc3)CC2)c(Cl)c1Cl. The first-order chi connectivity index (χ1) is 15.3. The van der Waals surface area contributed by atoms with E-state index >= 15 is 0 Å². The van der Waals surface area contributed by atoms with Gasteiger partial charge in [0.15, 0.2) is 0 Å². The molecular formula is C23H22Cl2N4O3. The minimum atomic E-state index is -1.03. The average Bonchev–Trinajstić information content (AvgIpc) is 3.07. The lowest BCUT2D eigenvalue weighted by molar-refractivity contribution is 0.0696. The summed E-state index contributed by atoms with van der Waals surface area (Å²) in [4.78, 5) is 31.7. The van der Waals surface area contributed by atoms with Gasteiger partial charge in [-0.3, -0.25) is 4.79 Å². The normalized spacial score (nSPS) is 13.8. The van der Waals surface area contributed by atoms with Gasteiger partial charge in [-0.2, -0.15) is 0 Å². The molecule has 0 saturated carbocycles. The molecule has 32 heavy (non-hydrogen) atoms. The lowest BCUT2D eigenvalue weighted by Gasteiger charge is -2.38. The Hall–Kier alpha value is -3.16. The molecule has 0 spiro atoms. The van der Waals surface area contributed by atoms with E-state index in [-0.39, 0.29) is 16.3 Å². The lowest BCUT2D eigenvalue weighted by Crippen LogP contribution is -2.46. The van der Waals surface area contributed by atoms with Gasteiger partial charge in [-0.05, 0) is 37.3 Å². The Morgan fingerprint density at radius 3 is 2.22 bits per heavy atom. The predicted molar refractivity (Wildman–Crippen MR) is 128 cm³/mol. The number of aromatic nitrogens is 1. The molecule has 0 unspecified atom stereocenters. The number of aromatic amines is 1. The number of hydrogen-bond acceptors (Lipinski definition) is 4. The number of hydrogen-bond donors (Lipinski definition) is 3. The van der Waals surface area contributed by atoms with Gasteiger partial charge in [0.05, 0.1) is 27.0 Å². The second kappa shape index (κ2) is 9.14. The summed E-state index contributed by atoms with van der Waals surface area (Å²) in [5, 5.41) is 12.8. The molecule has 0 bridgehead atoms. The number of carbonyl (C=O) groups is 2. The van der Waals surface area contributed by atoms with Gasteiger partial charge in [-0.15, -0.1) is 0 Å². The largest absolute Gasteiger partial charge is 0.478 e. The second-order valence-corrected chi connectivity index (χ2v) is 8.31. The van der Waals surface area contributed by atoms with Crippen LogP contribution in [0.15, 0.2) is 48.5 Å². The molecule has 1 saturated heterocycles. The fourth-order valence-electron chi connectivity index (χ4n) is 3.79. The molecule has 7 nitrogen and oxygen atoms in total. The zero-order valence-corrected chi connectivity index (χ0v) is 18.9. The Labute approximate surface area is 195 Å². The molecule has 1 aromatic heterocycles. The quantitative estimate of drug-likeness (QED) is 0.490. The molecule has 0 atom stereocenters. The fraction of sp³-hybridized carbons (Fsp3) is 0.217. The van der Waals surface area contributed by atoms with Gasteiger partial charge in [-0.1, -0.05) is 41.4 Å². The van der Waals surface area contributed by atoms with Gasteiger partial charge in [0.2, 0.25) is 0 Å². The van der Waals surface area contributed by atoms with Gasteiger partial charge in [0.25, 0.3) is 5.91 Å². The first kappa shape index (κ1) is 22.0. The number of halogens is 2. The number of H-pyrrole nitrogens is 1. The summed E-state index contributed by atoms with van der Waals surface area (Å²) >= 11 is 12.3. The molecular weight excluding hydrogens is 451 g/mol. The van der Waals surface area contributed by atoms with E-state index in [9.17, 15) is 14.7 Å². The standard InChI is InChI=1S/C23H22Cl2N4O3/c1-14-19(24)20(25)21(26-14)22(30)27-17-8-7-15(23(31)32)13-18(17)29-11-9-28(10-12-29)16-5-3-2-4-6-16/h2-8,13,26H,9-12H2,1H3,(H,27,30)(H,31,32). The number of carboxylic acid groups (broad SMARTS) is 1. The van der Waals surface area contributed by atoms with Crippen molar-refractivity contribution in [3.8, 4) is 0 Å². The van der Waals surface area contributed by atoms with Crippen LogP contribution in [0, 0.1) is 6.92 Å². The molecule has 1 aliphatic heterocycles. The van der Waals surface area contributed by atoms with Crippen LogP contribution in [0.5, 0.6) is 0 Å². The molecule has 0 aliphatic carbocycles. The minimum Gasteiger partial charge on any atom is -0.478 e. The molecule has 0 radical (unpaired) electrons. The van der Waals surface area contributed by atoms with Crippen LogP contribution < -0.4 is 15.1 Å². The third-order valence-corrected chi connectivity index (χ3v) is 6.46. The number of nitrogens with one attached hydrogen (secondary N) is 2. The summed E-state index contributed by atoms with van der Waals surface area (Å²) in [7, 11) is 0. The number of para-hydroxylation sites is 1. The van der Waals surface area contributed by atoms with Crippen molar-refractivity contribution < 1.29 is 14.7 Å². The van der Waals surface area contributed by atoms with E-state index in [1.54, 1.807) is 19.1 Å². The highest BCUT2D eigenvalue weighted by Gasteiger charge is 2.23. The number of aryl methyl sites for hydroxylation is 1. The maximum atomic E-state index is 12.9. The van der Waals surface area contributed by atoms with Crippen LogP contribution >= 0.6 is 23.2 Å². The van der Waals surface area contributed by atoms with Crippen molar-refractivity contribution in [2.75, 3.05) is 41.3 Å². The van der Waals surface area contributed by atoms with Crippen molar-refractivity contribution in [2.24, 2.45) is 0 Å². The van der Waals surface area contributed by atoms with E-state index in [0.717, 1.165) is 18.8 Å². The Morgan fingerprint density at radius 1 is 0.969 bits per heavy atom. The van der Waals surface area contributed by atoms with E-state index < -0.39 is 11.9 Å². The number of rotatable bonds is 5. The monoisotopic (exact) mass is 472 g/mol. The number of benzene rings is 2. The number of nitrogens with zero attached hydrogens (tertiary/aromatic N) is 2. The smallest absolute Gasteiger partial charge is 0.335 e. The molecule has 3 N–H and O–H groups in total. The van der Waals surface area contributed by atoms with Crippen LogP contribution in [0.4, 0.5) is 17.1 Å². The highest BCUT2D eigenvalue weighted by atomic mass is 35.5. The Kier molecular flexibility index (Phi) is 6.30. The van der Waals surface area contributed by atoms with Gasteiger partial charge in [-0.25, -0.2) is 4.79 Å². The molecule has 2 heterocycles. The van der Waals surface area contributed by atoms with Crippen molar-refractivity contribution >= 4 is 52.1 Å². The van der Waals surface area contributed by atoms with E-state index in [1.165, 1.54) is 6.07 Å². The van der Waals surface area contributed by atoms with Crippen molar-refractivity contribution in [3.63, 3.8) is 0 Å². The Morgan fingerprint density at radius 2 is 1.62 bits per heavy atom. The van der Waals surface area contributed by atoms with Crippen LogP contribution in [-0.2, 0) is 0 Å². The summed E-state index contributed by atoms with van der Waals surface area (Å²) in [5.41, 5.74) is 3.22. The zero-order chi connectivity index (χ0) is 22.8. The summed E-state index contributed by atoms with van der Waals surface area (Å²) in [6, 6.07) is 14.8. The third-order valence-electron chi connectivity index (χ3n) is 5.52. The average molecular weight is 473 g/mol. The van der Waals surface area contributed by atoms with E-state index in [1.807, 2.05) is 18.2 Å². The van der Waals surface area contributed by atoms with Crippen LogP contribution in [0.25, 0.3) is 0 Å². The third kappa shape index (κ3) is 4.40. The van der Waals surface area contributed by atoms with Crippen LogP contribution in [-0.4, -0.2) is 48.1 Å². The van der Waals surface area contributed by atoms with Gasteiger partial charge < -0.3 is 25.2 Å². The fourth-order valence-corrected chi connectivity index (χ4v) is 4.21. The molecule has 1 amide bonds. The van der Waals surface area contributed by atoms with Crippen LogP contribution in [0.1, 0.15) is 26.5 Å². The molecule has 166 valence electrons. The van der Waals surface area contributed by atoms with Crippen molar-refractivity contribution in [2.45, 2.75) is 6.92 Å². The van der Waals surface area contributed by atoms with Crippen LogP contribution in [0.2, 0.25) is 10.0 Å². The van der Waals surface area contributed by atoms with Gasteiger partial charge >= 0.3 is 5.97 Å². The van der Waals surface area contributed by atoms with Crippen LogP contribution in [0.3, 0.4) is 0 Å². The van der Waals surface area contributed by atoms with Crippen molar-refractivity contribution in [3.05, 3.63) is 75.5 Å². The van der Waals surface area contributed by atoms with E-state index in [4.69, 9.17) is 23.2 Å². The van der Waals surface area contributed by atoms with Crippen molar-refractivity contribution in [1.29, 1.82) is 0 Å². The van der Waals surface area contributed by atoms with Crippen molar-refractivity contribution in [1.82, 2.24) is 4.98 Å². The molecule has 4 rings (SSSR count). The summed E-state index contributed by atoms with van der Waals surface area (Å²) in [5.74, 6) is -1.47. The Balaban J connectivity index is 1.58. The van der Waals surface area contributed by atoms with Gasteiger partial charge in [0, 0.05) is 37.6 Å². The highest BCUT2D eigenvalue weighted by Crippen LogP contribution is 2.32. The number of carboxylic acids is 1. The van der Waals surface area contributed by atoms with Gasteiger partial charge in [0.1, 0.15) is 5.69 Å². The summed E-state index contributed by atoms with van der Waals surface area (Å²) in [6.07, 6.45) is 0. The first-order valence-corrected chi connectivity index (χ1v) is 10.9.